The Morgan fingerprint density at radius 3 is 1.39 bits per heavy atom. The van der Waals surface area contributed by atoms with Crippen molar-refractivity contribution in [1.82, 2.24) is 9.80 Å². The molecule has 2 aromatic rings. The lowest BCUT2D eigenvalue weighted by molar-refractivity contribution is 0.264. The van der Waals surface area contributed by atoms with Crippen molar-refractivity contribution in [3.8, 4) is 0 Å². The van der Waals surface area contributed by atoms with E-state index in [9.17, 15) is 0 Å². The number of nitrogens with zero attached hydrogens (tertiary/aromatic N) is 2. The average Bonchev–Trinajstić information content (AvgIpc) is 2.67. The minimum Gasteiger partial charge on any atom is -0.345 e. The first-order chi connectivity index (χ1) is 13.3. The summed E-state index contributed by atoms with van der Waals surface area (Å²) in [6.07, 6.45) is 0. The molecule has 10 heteroatoms. The van der Waals surface area contributed by atoms with Gasteiger partial charge in [-0.15, -0.1) is 0 Å². The Balaban J connectivity index is 1.55. The maximum absolute atomic E-state index is 6.19. The average molecular weight is 494 g/mol. The van der Waals surface area contributed by atoms with Gasteiger partial charge in [-0.2, -0.15) is 0 Å². The van der Waals surface area contributed by atoms with Gasteiger partial charge in [-0.25, -0.2) is 0 Å². The number of anilines is 2. The van der Waals surface area contributed by atoms with Crippen molar-refractivity contribution < 1.29 is 0 Å². The van der Waals surface area contributed by atoms with E-state index >= 15 is 0 Å². The fraction of sp³-hybridized carbons (Fsp3) is 0.222. The molecule has 0 aromatic heterocycles. The van der Waals surface area contributed by atoms with E-state index in [0.29, 0.717) is 41.7 Å². The minimum atomic E-state index is 0.564. The second-order valence-corrected chi connectivity index (χ2v) is 8.54. The van der Waals surface area contributed by atoms with Crippen LogP contribution in [0.3, 0.4) is 0 Å². The van der Waals surface area contributed by atoms with Crippen molar-refractivity contribution in [2.45, 2.75) is 0 Å². The predicted molar refractivity (Wildman–Crippen MR) is 129 cm³/mol. The lowest BCUT2D eigenvalue weighted by atomic mass is 10.3. The highest BCUT2D eigenvalue weighted by Crippen LogP contribution is 2.27. The maximum Gasteiger partial charge on any atom is 0.173 e. The number of piperazine rings is 1. The van der Waals surface area contributed by atoms with Crippen molar-refractivity contribution in [2.24, 2.45) is 0 Å². The van der Waals surface area contributed by atoms with Gasteiger partial charge in [0.2, 0.25) is 0 Å². The Bertz CT molecular complexity index is 828. The van der Waals surface area contributed by atoms with E-state index < -0.39 is 0 Å². The maximum atomic E-state index is 6.19. The summed E-state index contributed by atoms with van der Waals surface area (Å²) in [5, 5.41) is 9.83. The molecule has 4 nitrogen and oxygen atoms in total. The van der Waals surface area contributed by atoms with Crippen LogP contribution in [0.1, 0.15) is 0 Å². The van der Waals surface area contributed by atoms with Crippen LogP contribution in [0.15, 0.2) is 36.4 Å². The van der Waals surface area contributed by atoms with Crippen molar-refractivity contribution in [2.75, 3.05) is 36.8 Å². The van der Waals surface area contributed by atoms with Crippen LogP contribution in [0, 0.1) is 0 Å². The van der Waals surface area contributed by atoms with E-state index in [2.05, 4.69) is 20.4 Å². The largest absolute Gasteiger partial charge is 0.345 e. The van der Waals surface area contributed by atoms with Crippen molar-refractivity contribution >= 4 is 92.4 Å². The van der Waals surface area contributed by atoms with Crippen molar-refractivity contribution in [3.05, 3.63) is 56.5 Å². The molecule has 0 aliphatic carbocycles. The van der Waals surface area contributed by atoms with Crippen LogP contribution in [0.25, 0.3) is 0 Å². The van der Waals surface area contributed by atoms with Crippen LogP contribution in [-0.4, -0.2) is 46.2 Å². The van der Waals surface area contributed by atoms with E-state index in [4.69, 9.17) is 70.8 Å². The molecule has 1 aliphatic rings. The molecule has 0 amide bonds. The first kappa shape index (κ1) is 21.7. The number of hydrogen-bond donors (Lipinski definition) is 2. The Morgan fingerprint density at radius 1 is 0.679 bits per heavy atom. The zero-order valence-corrected chi connectivity index (χ0v) is 19.2. The Hall–Kier alpha value is -1.02. The van der Waals surface area contributed by atoms with Crippen LogP contribution in [0.2, 0.25) is 20.1 Å². The molecular formula is C18H16Cl4N4S2. The summed E-state index contributed by atoms with van der Waals surface area (Å²) >= 11 is 35.5. The smallest absolute Gasteiger partial charge is 0.173 e. The second kappa shape index (κ2) is 9.65. The SMILES string of the molecule is S=C(Nc1cc(Cl)ccc1Cl)N1CCN(C(=S)Nc2cc(Cl)ccc2Cl)CC1. The molecule has 2 N–H and O–H groups in total. The van der Waals surface area contributed by atoms with E-state index in [1.54, 1.807) is 36.4 Å². The third kappa shape index (κ3) is 5.53. The summed E-state index contributed by atoms with van der Waals surface area (Å²) < 4.78 is 0. The molecule has 1 aliphatic heterocycles. The van der Waals surface area contributed by atoms with Gasteiger partial charge in [0.05, 0.1) is 21.4 Å². The van der Waals surface area contributed by atoms with Crippen molar-refractivity contribution in [1.29, 1.82) is 0 Å². The molecular weight excluding hydrogens is 478 g/mol. The molecule has 1 heterocycles. The summed E-state index contributed by atoms with van der Waals surface area (Å²) in [5.41, 5.74) is 1.38. The van der Waals surface area contributed by atoms with Gasteiger partial charge in [-0.3, -0.25) is 0 Å². The van der Waals surface area contributed by atoms with Gasteiger partial charge in [0.25, 0.3) is 0 Å². The standard InChI is InChI=1S/C18H16Cl4N4S2/c19-11-1-3-13(21)15(9-11)23-17(27)25-5-7-26(8-6-25)18(28)24-16-10-12(20)2-4-14(16)22/h1-4,9-10H,5-8H2,(H,23,27)(H,24,28). The molecule has 0 radical (unpaired) electrons. The van der Waals surface area contributed by atoms with E-state index in [1.165, 1.54) is 0 Å². The highest BCUT2D eigenvalue weighted by atomic mass is 35.5. The topological polar surface area (TPSA) is 30.5 Å². The number of benzene rings is 2. The van der Waals surface area contributed by atoms with Gasteiger partial charge in [0.1, 0.15) is 0 Å². The van der Waals surface area contributed by atoms with Gasteiger partial charge in [0.15, 0.2) is 10.2 Å². The molecule has 1 saturated heterocycles. The van der Waals surface area contributed by atoms with Crippen LogP contribution >= 0.6 is 70.8 Å². The van der Waals surface area contributed by atoms with Gasteiger partial charge >= 0.3 is 0 Å². The molecule has 148 valence electrons. The lowest BCUT2D eigenvalue weighted by Crippen LogP contribution is -2.52. The molecule has 0 saturated carbocycles. The zero-order valence-electron chi connectivity index (χ0n) is 14.5. The Morgan fingerprint density at radius 2 is 1.04 bits per heavy atom. The predicted octanol–water partition coefficient (Wildman–Crippen LogP) is 6.01. The van der Waals surface area contributed by atoms with E-state index in [1.807, 2.05) is 0 Å². The summed E-state index contributed by atoms with van der Waals surface area (Å²) in [5.74, 6) is 0. The summed E-state index contributed by atoms with van der Waals surface area (Å²) in [6.45, 7) is 2.87. The first-order valence-electron chi connectivity index (χ1n) is 8.35. The summed E-state index contributed by atoms with van der Waals surface area (Å²) in [4.78, 5) is 4.14. The molecule has 1 fully saturated rings. The van der Waals surface area contributed by atoms with Gasteiger partial charge in [0, 0.05) is 36.2 Å². The monoisotopic (exact) mass is 492 g/mol. The lowest BCUT2D eigenvalue weighted by Gasteiger charge is -2.37. The molecule has 2 aromatic carbocycles. The molecule has 0 unspecified atom stereocenters. The fourth-order valence-electron chi connectivity index (χ4n) is 2.69. The third-order valence-corrected chi connectivity index (χ3v) is 6.04. The number of thiocarbonyl (C=S) groups is 2. The van der Waals surface area contributed by atoms with Crippen molar-refractivity contribution in [3.63, 3.8) is 0 Å². The Kier molecular flexibility index (Phi) is 7.48. The number of nitrogens with one attached hydrogen (secondary N) is 2. The van der Waals surface area contributed by atoms with Gasteiger partial charge in [-0.05, 0) is 60.8 Å². The van der Waals surface area contributed by atoms with Gasteiger partial charge < -0.3 is 20.4 Å². The summed E-state index contributed by atoms with van der Waals surface area (Å²) in [7, 11) is 0. The summed E-state index contributed by atoms with van der Waals surface area (Å²) in [6, 6.07) is 10.4. The highest BCUT2D eigenvalue weighted by Gasteiger charge is 2.21. The van der Waals surface area contributed by atoms with Gasteiger partial charge in [-0.1, -0.05) is 46.4 Å². The minimum absolute atomic E-state index is 0.564. The normalized spacial score (nSPS) is 14.0. The number of hydrogen-bond acceptors (Lipinski definition) is 2. The second-order valence-electron chi connectivity index (χ2n) is 6.08. The quantitative estimate of drug-likeness (QED) is 0.498. The van der Waals surface area contributed by atoms with Crippen LogP contribution in [0.5, 0.6) is 0 Å². The fourth-order valence-corrected chi connectivity index (χ4v) is 3.95. The zero-order chi connectivity index (χ0) is 20.3. The first-order valence-corrected chi connectivity index (χ1v) is 10.7. The number of rotatable bonds is 2. The molecule has 0 bridgehead atoms. The van der Waals surface area contributed by atoms with E-state index in [0.717, 1.165) is 26.2 Å². The van der Waals surface area contributed by atoms with Crippen LogP contribution < -0.4 is 10.6 Å². The van der Waals surface area contributed by atoms with Crippen LogP contribution in [-0.2, 0) is 0 Å². The van der Waals surface area contributed by atoms with E-state index in [-0.39, 0.29) is 0 Å². The third-order valence-electron chi connectivity index (χ3n) is 4.19. The highest BCUT2D eigenvalue weighted by molar-refractivity contribution is 7.80. The molecule has 0 atom stereocenters. The number of halogens is 4. The Labute approximate surface area is 194 Å². The molecule has 28 heavy (non-hydrogen) atoms. The molecule has 0 spiro atoms. The molecule has 3 rings (SSSR count). The van der Waals surface area contributed by atoms with Crippen LogP contribution in [0.4, 0.5) is 11.4 Å².